The van der Waals surface area contributed by atoms with Gasteiger partial charge in [0.25, 0.3) is 11.6 Å². The van der Waals surface area contributed by atoms with Crippen LogP contribution in [0.1, 0.15) is 23.7 Å². The predicted octanol–water partition coefficient (Wildman–Crippen LogP) is 1.57. The van der Waals surface area contributed by atoms with Crippen molar-refractivity contribution in [3.63, 3.8) is 0 Å². The van der Waals surface area contributed by atoms with Gasteiger partial charge in [-0.05, 0) is 12.5 Å². The standard InChI is InChI=1S/C13H16FN3O4/c1-2-8-7-21-6-5-16(8)13(18)11-9(14)3-4-10(12(11)15)17(19)20/h3-4,8H,2,5-7,15H2,1H3. The maximum atomic E-state index is 13.9. The number of nitrogens with two attached hydrogens (primary N) is 1. The van der Waals surface area contributed by atoms with Crippen molar-refractivity contribution in [1.29, 1.82) is 0 Å². The van der Waals surface area contributed by atoms with Crippen LogP contribution in [0.2, 0.25) is 0 Å². The zero-order valence-electron chi connectivity index (χ0n) is 11.5. The average molecular weight is 297 g/mol. The van der Waals surface area contributed by atoms with Crippen LogP contribution in [0.5, 0.6) is 0 Å². The Balaban J connectivity index is 2.42. The Morgan fingerprint density at radius 2 is 2.33 bits per heavy atom. The number of halogens is 1. The molecule has 2 rings (SSSR count). The molecular formula is C13H16FN3O4. The zero-order chi connectivity index (χ0) is 15.6. The molecule has 1 atom stereocenters. The number of carbonyl (C=O) groups is 1. The summed E-state index contributed by atoms with van der Waals surface area (Å²) in [5.41, 5.74) is 4.27. The van der Waals surface area contributed by atoms with Crippen LogP contribution in [-0.4, -0.2) is 41.5 Å². The smallest absolute Gasteiger partial charge is 0.293 e. The van der Waals surface area contributed by atoms with E-state index in [1.54, 1.807) is 0 Å². The molecule has 2 N–H and O–H groups in total. The van der Waals surface area contributed by atoms with Crippen molar-refractivity contribution in [2.75, 3.05) is 25.5 Å². The molecule has 0 aromatic heterocycles. The molecule has 1 unspecified atom stereocenters. The van der Waals surface area contributed by atoms with Crippen LogP contribution in [0.15, 0.2) is 12.1 Å². The summed E-state index contributed by atoms with van der Waals surface area (Å²) in [4.78, 5) is 24.1. The molecule has 8 heteroatoms. The number of nitrogens with zero attached hydrogens (tertiary/aromatic N) is 2. The van der Waals surface area contributed by atoms with E-state index in [-0.39, 0.29) is 6.04 Å². The van der Waals surface area contributed by atoms with Crippen molar-refractivity contribution in [2.45, 2.75) is 19.4 Å². The van der Waals surface area contributed by atoms with Gasteiger partial charge in [0.1, 0.15) is 17.1 Å². The summed E-state index contributed by atoms with van der Waals surface area (Å²) in [7, 11) is 0. The normalized spacial score (nSPS) is 18.6. The molecule has 0 spiro atoms. The molecule has 0 radical (unpaired) electrons. The predicted molar refractivity (Wildman–Crippen MR) is 73.4 cm³/mol. The van der Waals surface area contributed by atoms with Gasteiger partial charge in [0.05, 0.1) is 24.2 Å². The quantitative estimate of drug-likeness (QED) is 0.518. The van der Waals surface area contributed by atoms with E-state index in [0.29, 0.717) is 26.2 Å². The Kier molecular flexibility index (Phi) is 4.37. The Bertz CT molecular complexity index is 579. The van der Waals surface area contributed by atoms with Crippen molar-refractivity contribution >= 4 is 17.3 Å². The van der Waals surface area contributed by atoms with Gasteiger partial charge in [0, 0.05) is 12.6 Å². The molecule has 1 aromatic carbocycles. The molecule has 1 heterocycles. The molecule has 1 aliphatic rings. The lowest BCUT2D eigenvalue weighted by Crippen LogP contribution is -2.48. The number of hydrogen-bond acceptors (Lipinski definition) is 5. The van der Waals surface area contributed by atoms with Crippen molar-refractivity contribution in [3.05, 3.63) is 33.6 Å². The van der Waals surface area contributed by atoms with Crippen LogP contribution in [0, 0.1) is 15.9 Å². The first-order valence-corrected chi connectivity index (χ1v) is 6.58. The largest absolute Gasteiger partial charge is 0.392 e. The lowest BCUT2D eigenvalue weighted by molar-refractivity contribution is -0.384. The lowest BCUT2D eigenvalue weighted by Gasteiger charge is -2.35. The molecule has 7 nitrogen and oxygen atoms in total. The number of morpholine rings is 1. The summed E-state index contributed by atoms with van der Waals surface area (Å²) in [5, 5.41) is 10.9. The van der Waals surface area contributed by atoms with E-state index in [9.17, 15) is 19.3 Å². The van der Waals surface area contributed by atoms with E-state index < -0.39 is 33.6 Å². The van der Waals surface area contributed by atoms with Gasteiger partial charge in [0.2, 0.25) is 0 Å². The van der Waals surface area contributed by atoms with Crippen molar-refractivity contribution in [3.8, 4) is 0 Å². The summed E-state index contributed by atoms with van der Waals surface area (Å²) in [6, 6.07) is 1.66. The molecule has 1 saturated heterocycles. The van der Waals surface area contributed by atoms with Gasteiger partial charge in [-0.3, -0.25) is 14.9 Å². The van der Waals surface area contributed by atoms with E-state index in [2.05, 4.69) is 0 Å². The minimum atomic E-state index is -0.857. The van der Waals surface area contributed by atoms with Crippen LogP contribution in [0.25, 0.3) is 0 Å². The molecule has 0 saturated carbocycles. The minimum absolute atomic E-state index is 0.190. The number of rotatable bonds is 3. The third kappa shape index (κ3) is 2.80. The van der Waals surface area contributed by atoms with E-state index in [0.717, 1.165) is 12.1 Å². The van der Waals surface area contributed by atoms with Gasteiger partial charge in [-0.1, -0.05) is 6.92 Å². The van der Waals surface area contributed by atoms with Gasteiger partial charge in [-0.25, -0.2) is 4.39 Å². The van der Waals surface area contributed by atoms with E-state index in [1.807, 2.05) is 6.92 Å². The second-order valence-corrected chi connectivity index (χ2v) is 4.75. The van der Waals surface area contributed by atoms with Crippen LogP contribution < -0.4 is 5.73 Å². The monoisotopic (exact) mass is 297 g/mol. The Labute approximate surface area is 120 Å². The second-order valence-electron chi connectivity index (χ2n) is 4.75. The minimum Gasteiger partial charge on any atom is -0.392 e. The van der Waals surface area contributed by atoms with Crippen molar-refractivity contribution in [2.24, 2.45) is 0 Å². The molecule has 1 aromatic rings. The first-order valence-electron chi connectivity index (χ1n) is 6.58. The van der Waals surface area contributed by atoms with Crippen LogP contribution in [0.3, 0.4) is 0 Å². The number of benzene rings is 1. The van der Waals surface area contributed by atoms with Crippen LogP contribution in [-0.2, 0) is 4.74 Å². The van der Waals surface area contributed by atoms with Crippen LogP contribution in [0.4, 0.5) is 15.8 Å². The van der Waals surface area contributed by atoms with E-state index >= 15 is 0 Å². The third-order valence-electron chi connectivity index (χ3n) is 3.54. The number of nitro groups is 1. The molecule has 114 valence electrons. The molecule has 0 aliphatic carbocycles. The van der Waals surface area contributed by atoms with Gasteiger partial charge < -0.3 is 15.4 Å². The van der Waals surface area contributed by atoms with Gasteiger partial charge in [0.15, 0.2) is 0 Å². The second kappa shape index (κ2) is 6.04. The summed E-state index contributed by atoms with van der Waals surface area (Å²) < 4.78 is 19.2. The highest BCUT2D eigenvalue weighted by atomic mass is 19.1. The first-order chi connectivity index (χ1) is 9.97. The zero-order valence-corrected chi connectivity index (χ0v) is 11.5. The van der Waals surface area contributed by atoms with Crippen LogP contribution >= 0.6 is 0 Å². The SMILES string of the molecule is CCC1COCCN1C(=O)c1c(F)ccc([N+](=O)[O-])c1N. The fourth-order valence-electron chi connectivity index (χ4n) is 2.36. The molecule has 1 fully saturated rings. The number of nitro benzene ring substituents is 1. The van der Waals surface area contributed by atoms with Gasteiger partial charge in [-0.15, -0.1) is 0 Å². The fourth-order valence-corrected chi connectivity index (χ4v) is 2.36. The first kappa shape index (κ1) is 15.2. The summed E-state index contributed by atoms with van der Waals surface area (Å²) in [6.45, 7) is 2.89. The van der Waals surface area contributed by atoms with E-state index in [1.165, 1.54) is 4.90 Å². The Morgan fingerprint density at radius 3 is 2.95 bits per heavy atom. The number of amides is 1. The number of hydrogen-bond donors (Lipinski definition) is 1. The Morgan fingerprint density at radius 1 is 1.62 bits per heavy atom. The molecule has 1 amide bonds. The maximum absolute atomic E-state index is 13.9. The number of nitrogen functional groups attached to an aromatic ring is 1. The average Bonchev–Trinajstić information content (AvgIpc) is 2.46. The van der Waals surface area contributed by atoms with Gasteiger partial charge in [-0.2, -0.15) is 0 Å². The molecule has 1 aliphatic heterocycles. The highest BCUT2D eigenvalue weighted by molar-refractivity contribution is 6.01. The van der Waals surface area contributed by atoms with Crippen molar-refractivity contribution in [1.82, 2.24) is 4.90 Å². The topological polar surface area (TPSA) is 98.7 Å². The highest BCUT2D eigenvalue weighted by Gasteiger charge is 2.32. The molecule has 0 bridgehead atoms. The molecule has 21 heavy (non-hydrogen) atoms. The summed E-state index contributed by atoms with van der Waals surface area (Å²) >= 11 is 0. The highest BCUT2D eigenvalue weighted by Crippen LogP contribution is 2.29. The number of carbonyl (C=O) groups excluding carboxylic acids is 1. The lowest BCUT2D eigenvalue weighted by atomic mass is 10.1. The maximum Gasteiger partial charge on any atom is 0.293 e. The third-order valence-corrected chi connectivity index (χ3v) is 3.54. The van der Waals surface area contributed by atoms with Crippen molar-refractivity contribution < 1.29 is 18.8 Å². The van der Waals surface area contributed by atoms with Gasteiger partial charge >= 0.3 is 0 Å². The Hall–Kier alpha value is -2.22. The summed E-state index contributed by atoms with van der Waals surface area (Å²) in [5.74, 6) is -1.49. The number of anilines is 1. The molecular weight excluding hydrogens is 281 g/mol. The summed E-state index contributed by atoms with van der Waals surface area (Å²) in [6.07, 6.45) is 0.641. The fraction of sp³-hybridized carbons (Fsp3) is 0.462. The van der Waals surface area contributed by atoms with E-state index in [4.69, 9.17) is 10.5 Å². The number of ether oxygens (including phenoxy) is 1.